The molecule has 0 radical (unpaired) electrons. The van der Waals surface area contributed by atoms with Gasteiger partial charge in [-0.25, -0.2) is 4.98 Å². The lowest BCUT2D eigenvalue weighted by atomic mass is 10.0. The largest absolute Gasteiger partial charge is 0.302 e. The number of hydrogen-bond acceptors (Lipinski definition) is 3. The fourth-order valence-electron chi connectivity index (χ4n) is 2.47. The van der Waals surface area contributed by atoms with Gasteiger partial charge in [0.1, 0.15) is 5.01 Å². The normalized spacial score (nSPS) is 14.1. The van der Waals surface area contributed by atoms with Crippen LogP contribution in [-0.2, 0) is 6.42 Å². The van der Waals surface area contributed by atoms with Crippen molar-refractivity contribution in [2.75, 3.05) is 0 Å². The predicted molar refractivity (Wildman–Crippen MR) is 91.9 cm³/mol. The second-order valence-electron chi connectivity index (χ2n) is 5.78. The van der Waals surface area contributed by atoms with E-state index in [4.69, 9.17) is 0 Å². The summed E-state index contributed by atoms with van der Waals surface area (Å²) < 4.78 is 0. The number of rotatable bonds is 7. The molecule has 2 aromatic rings. The van der Waals surface area contributed by atoms with Gasteiger partial charge in [-0.15, -0.1) is 11.3 Å². The van der Waals surface area contributed by atoms with Crippen molar-refractivity contribution in [2.24, 2.45) is 0 Å². The maximum absolute atomic E-state index is 4.56. The molecule has 1 N–H and O–H groups in total. The van der Waals surface area contributed by atoms with Gasteiger partial charge >= 0.3 is 0 Å². The molecule has 1 heterocycles. The van der Waals surface area contributed by atoms with Gasteiger partial charge in [0.15, 0.2) is 0 Å². The lowest BCUT2D eigenvalue weighted by molar-refractivity contribution is 0.492. The quantitative estimate of drug-likeness (QED) is 0.760. The average Bonchev–Trinajstić information content (AvgIpc) is 2.92. The molecule has 2 atom stereocenters. The van der Waals surface area contributed by atoms with Gasteiger partial charge in [0.25, 0.3) is 0 Å². The summed E-state index contributed by atoms with van der Waals surface area (Å²) in [4.78, 5) is 4.56. The van der Waals surface area contributed by atoms with E-state index in [9.17, 15) is 0 Å². The summed E-state index contributed by atoms with van der Waals surface area (Å²) in [5.41, 5.74) is 3.89. The summed E-state index contributed by atoms with van der Waals surface area (Å²) in [5, 5.41) is 6.91. The first-order chi connectivity index (χ1) is 10.1. The van der Waals surface area contributed by atoms with Crippen molar-refractivity contribution in [3.8, 4) is 0 Å². The molecule has 114 valence electrons. The van der Waals surface area contributed by atoms with Crippen molar-refractivity contribution < 1.29 is 0 Å². The third-order valence-electron chi connectivity index (χ3n) is 3.81. The van der Waals surface area contributed by atoms with Crippen LogP contribution >= 0.6 is 11.3 Å². The van der Waals surface area contributed by atoms with Crippen LogP contribution in [0.4, 0.5) is 0 Å². The molecular formula is C18H26N2S. The molecule has 0 amide bonds. The lowest BCUT2D eigenvalue weighted by Gasteiger charge is -2.19. The van der Waals surface area contributed by atoms with E-state index in [1.807, 2.05) is 6.92 Å². The topological polar surface area (TPSA) is 24.9 Å². The Bertz CT molecular complexity index is 545. The van der Waals surface area contributed by atoms with Crippen molar-refractivity contribution in [3.63, 3.8) is 0 Å². The number of unbranched alkanes of at least 4 members (excludes halogenated alkanes) is 1. The smallest absolute Gasteiger partial charge is 0.110 e. The van der Waals surface area contributed by atoms with Crippen molar-refractivity contribution in [1.82, 2.24) is 10.3 Å². The molecule has 0 bridgehead atoms. The van der Waals surface area contributed by atoms with Gasteiger partial charge < -0.3 is 5.32 Å². The summed E-state index contributed by atoms with van der Waals surface area (Å²) in [6.07, 6.45) is 3.71. The van der Waals surface area contributed by atoms with E-state index in [1.165, 1.54) is 35.4 Å². The number of thiazole rings is 1. The highest BCUT2D eigenvalue weighted by Gasteiger charge is 2.13. The zero-order valence-corrected chi connectivity index (χ0v) is 14.3. The summed E-state index contributed by atoms with van der Waals surface area (Å²) in [6, 6.07) is 9.66. The first-order valence-corrected chi connectivity index (χ1v) is 8.75. The van der Waals surface area contributed by atoms with E-state index in [0.29, 0.717) is 12.1 Å². The van der Waals surface area contributed by atoms with Crippen LogP contribution in [0.3, 0.4) is 0 Å². The number of aryl methyl sites for hydroxylation is 2. The predicted octanol–water partition coefficient (Wildman–Crippen LogP) is 5.21. The number of nitrogens with zero attached hydrogens (tertiary/aromatic N) is 1. The molecule has 21 heavy (non-hydrogen) atoms. The fraction of sp³-hybridized carbons (Fsp3) is 0.500. The highest BCUT2D eigenvalue weighted by molar-refractivity contribution is 7.09. The molecule has 0 saturated heterocycles. The number of hydrogen-bond donors (Lipinski definition) is 1. The van der Waals surface area contributed by atoms with Crippen molar-refractivity contribution in [2.45, 2.75) is 59.0 Å². The number of nitrogens with one attached hydrogen (secondary N) is 1. The van der Waals surface area contributed by atoms with Crippen LogP contribution in [0.5, 0.6) is 0 Å². The fourth-order valence-corrected chi connectivity index (χ4v) is 3.28. The molecule has 0 aliphatic carbocycles. The van der Waals surface area contributed by atoms with Gasteiger partial charge in [-0.05, 0) is 44.7 Å². The third kappa shape index (κ3) is 4.65. The molecule has 1 aromatic carbocycles. The molecule has 0 aliphatic heterocycles. The van der Waals surface area contributed by atoms with Crippen LogP contribution in [0.1, 0.15) is 67.5 Å². The molecule has 0 spiro atoms. The molecule has 0 fully saturated rings. The Kier molecular flexibility index (Phi) is 5.95. The summed E-state index contributed by atoms with van der Waals surface area (Å²) in [6.45, 7) is 8.69. The molecule has 2 unspecified atom stereocenters. The number of aromatic nitrogens is 1. The Morgan fingerprint density at radius 2 is 1.86 bits per heavy atom. The minimum absolute atomic E-state index is 0.290. The highest BCUT2D eigenvalue weighted by atomic mass is 32.1. The zero-order chi connectivity index (χ0) is 15.2. The Morgan fingerprint density at radius 3 is 2.43 bits per heavy atom. The first kappa shape index (κ1) is 16.2. The van der Waals surface area contributed by atoms with Crippen LogP contribution in [0.15, 0.2) is 29.6 Å². The summed E-state index contributed by atoms with van der Waals surface area (Å²) >= 11 is 1.73. The molecule has 2 nitrogen and oxygen atoms in total. The average molecular weight is 302 g/mol. The van der Waals surface area contributed by atoms with Gasteiger partial charge in [-0.1, -0.05) is 37.6 Å². The van der Waals surface area contributed by atoms with Crippen LogP contribution in [0.2, 0.25) is 0 Å². The first-order valence-electron chi connectivity index (χ1n) is 7.87. The maximum atomic E-state index is 4.56. The van der Waals surface area contributed by atoms with Gasteiger partial charge in [-0.3, -0.25) is 0 Å². The molecule has 1 aromatic heterocycles. The molecule has 0 saturated carbocycles. The van der Waals surface area contributed by atoms with Gasteiger partial charge in [0.05, 0.1) is 6.04 Å². The molecular weight excluding hydrogens is 276 g/mol. The van der Waals surface area contributed by atoms with Crippen molar-refractivity contribution >= 4 is 11.3 Å². The van der Waals surface area contributed by atoms with E-state index in [1.54, 1.807) is 11.3 Å². The Hall–Kier alpha value is -1.19. The van der Waals surface area contributed by atoms with E-state index in [-0.39, 0.29) is 0 Å². The second kappa shape index (κ2) is 7.71. The van der Waals surface area contributed by atoms with Gasteiger partial charge in [-0.2, -0.15) is 0 Å². The van der Waals surface area contributed by atoms with Crippen molar-refractivity contribution in [1.29, 1.82) is 0 Å². The molecule has 3 heteroatoms. The Labute approximate surface area is 132 Å². The third-order valence-corrected chi connectivity index (χ3v) is 4.95. The summed E-state index contributed by atoms with van der Waals surface area (Å²) in [5.74, 6) is 0. The summed E-state index contributed by atoms with van der Waals surface area (Å²) in [7, 11) is 0. The zero-order valence-electron chi connectivity index (χ0n) is 13.5. The van der Waals surface area contributed by atoms with Crippen molar-refractivity contribution in [3.05, 3.63) is 51.5 Å². The number of benzene rings is 1. The van der Waals surface area contributed by atoms with E-state index >= 15 is 0 Å². The molecule has 2 rings (SSSR count). The highest BCUT2D eigenvalue weighted by Crippen LogP contribution is 2.22. The lowest BCUT2D eigenvalue weighted by Crippen LogP contribution is -2.22. The monoisotopic (exact) mass is 302 g/mol. The standard InChI is InChI=1S/C18H26N2S/c1-5-6-7-16-8-10-17(11-9-16)14(3)20-15(4)18-19-13(2)12-21-18/h8-12,14-15,20H,5-7H2,1-4H3. The minimum Gasteiger partial charge on any atom is -0.302 e. The van der Waals surface area contributed by atoms with Crippen LogP contribution in [0, 0.1) is 6.92 Å². The molecule has 0 aliphatic rings. The Balaban J connectivity index is 1.94. The Morgan fingerprint density at radius 1 is 1.14 bits per heavy atom. The van der Waals surface area contributed by atoms with Gasteiger partial charge in [0.2, 0.25) is 0 Å². The van der Waals surface area contributed by atoms with E-state index in [0.717, 1.165) is 5.69 Å². The van der Waals surface area contributed by atoms with Gasteiger partial charge in [0, 0.05) is 17.1 Å². The second-order valence-corrected chi connectivity index (χ2v) is 6.67. The maximum Gasteiger partial charge on any atom is 0.110 e. The van der Waals surface area contributed by atoms with Crippen LogP contribution < -0.4 is 5.32 Å². The van der Waals surface area contributed by atoms with E-state index in [2.05, 4.69) is 60.7 Å². The van der Waals surface area contributed by atoms with E-state index < -0.39 is 0 Å². The van der Waals surface area contributed by atoms with Crippen LogP contribution in [0.25, 0.3) is 0 Å². The van der Waals surface area contributed by atoms with Crippen LogP contribution in [-0.4, -0.2) is 4.98 Å². The SMILES string of the molecule is CCCCc1ccc(C(C)NC(C)c2nc(C)cs2)cc1. The minimum atomic E-state index is 0.290.